The number of hydrogen-bond acceptors (Lipinski definition) is 3. The van der Waals surface area contributed by atoms with Crippen molar-refractivity contribution in [2.75, 3.05) is 33.2 Å². The average molecular weight is 269 g/mol. The standard InChI is InChI=1S/C13H23N3O3/c1-9-4-5-16(11(9)12(17)18)13(19)15-7-6-14(3)10(2)8-15/h9-11H,4-8H2,1-3H3,(H,17,18). The first-order valence-electron chi connectivity index (χ1n) is 6.90. The van der Waals surface area contributed by atoms with E-state index in [0.29, 0.717) is 25.7 Å². The van der Waals surface area contributed by atoms with Gasteiger partial charge in [0.05, 0.1) is 0 Å². The van der Waals surface area contributed by atoms with E-state index < -0.39 is 12.0 Å². The number of likely N-dealkylation sites (tertiary alicyclic amines) is 1. The molecular formula is C13H23N3O3. The van der Waals surface area contributed by atoms with Crippen molar-refractivity contribution in [2.24, 2.45) is 5.92 Å². The van der Waals surface area contributed by atoms with Gasteiger partial charge in [-0.3, -0.25) is 0 Å². The lowest BCUT2D eigenvalue weighted by Gasteiger charge is -2.40. The minimum absolute atomic E-state index is 0.0336. The number of carbonyl (C=O) groups is 2. The lowest BCUT2D eigenvalue weighted by atomic mass is 10.0. The van der Waals surface area contributed by atoms with Gasteiger partial charge in [-0.05, 0) is 26.3 Å². The van der Waals surface area contributed by atoms with Crippen molar-refractivity contribution in [2.45, 2.75) is 32.4 Å². The van der Waals surface area contributed by atoms with Crippen molar-refractivity contribution in [3.05, 3.63) is 0 Å². The van der Waals surface area contributed by atoms with Crippen LogP contribution >= 0.6 is 0 Å². The first-order valence-corrected chi connectivity index (χ1v) is 6.90. The number of aliphatic carboxylic acids is 1. The number of carboxylic acids is 1. The Morgan fingerprint density at radius 2 is 1.84 bits per heavy atom. The second kappa shape index (κ2) is 5.36. The Morgan fingerprint density at radius 1 is 1.16 bits per heavy atom. The van der Waals surface area contributed by atoms with E-state index in [0.717, 1.165) is 13.0 Å². The van der Waals surface area contributed by atoms with Crippen LogP contribution in [0.15, 0.2) is 0 Å². The Morgan fingerprint density at radius 3 is 2.42 bits per heavy atom. The number of piperazine rings is 1. The summed E-state index contributed by atoms with van der Waals surface area (Å²) in [5.41, 5.74) is 0. The lowest BCUT2D eigenvalue weighted by molar-refractivity contribution is -0.142. The summed E-state index contributed by atoms with van der Waals surface area (Å²) in [7, 11) is 2.05. The molecule has 2 aliphatic rings. The number of rotatable bonds is 1. The van der Waals surface area contributed by atoms with Crippen molar-refractivity contribution >= 4 is 12.0 Å². The minimum Gasteiger partial charge on any atom is -0.480 e. The van der Waals surface area contributed by atoms with Gasteiger partial charge in [0.25, 0.3) is 0 Å². The molecule has 2 aliphatic heterocycles. The summed E-state index contributed by atoms with van der Waals surface area (Å²) in [6.07, 6.45) is 0.770. The molecule has 0 aromatic carbocycles. The molecule has 0 aliphatic carbocycles. The van der Waals surface area contributed by atoms with Crippen LogP contribution in [-0.4, -0.2) is 77.1 Å². The maximum atomic E-state index is 12.5. The van der Waals surface area contributed by atoms with Crippen LogP contribution in [0.5, 0.6) is 0 Å². The highest BCUT2D eigenvalue weighted by Gasteiger charge is 2.41. The molecule has 2 heterocycles. The molecule has 6 nitrogen and oxygen atoms in total. The molecule has 0 bridgehead atoms. The van der Waals surface area contributed by atoms with Crippen LogP contribution in [0.4, 0.5) is 4.79 Å². The Hall–Kier alpha value is -1.30. The third kappa shape index (κ3) is 2.68. The van der Waals surface area contributed by atoms with Crippen LogP contribution in [0.25, 0.3) is 0 Å². The summed E-state index contributed by atoms with van der Waals surface area (Å²) >= 11 is 0. The Kier molecular flexibility index (Phi) is 3.99. The fourth-order valence-corrected chi connectivity index (χ4v) is 2.94. The van der Waals surface area contributed by atoms with Crippen molar-refractivity contribution in [3.63, 3.8) is 0 Å². The maximum absolute atomic E-state index is 12.5. The first-order chi connectivity index (χ1) is 8.91. The highest BCUT2D eigenvalue weighted by atomic mass is 16.4. The molecule has 0 spiro atoms. The zero-order chi connectivity index (χ0) is 14.2. The Bertz CT molecular complexity index is 374. The van der Waals surface area contributed by atoms with Gasteiger partial charge in [0.1, 0.15) is 6.04 Å². The summed E-state index contributed by atoms with van der Waals surface area (Å²) < 4.78 is 0. The molecule has 3 atom stereocenters. The molecule has 6 heteroatoms. The molecule has 2 saturated heterocycles. The van der Waals surface area contributed by atoms with Crippen LogP contribution in [0.2, 0.25) is 0 Å². The second-order valence-corrected chi connectivity index (χ2v) is 5.80. The highest BCUT2D eigenvalue weighted by Crippen LogP contribution is 2.26. The predicted octanol–water partition coefficient (Wildman–Crippen LogP) is 0.537. The fourth-order valence-electron chi connectivity index (χ4n) is 2.94. The smallest absolute Gasteiger partial charge is 0.326 e. The van der Waals surface area contributed by atoms with Gasteiger partial charge in [-0.25, -0.2) is 9.59 Å². The highest BCUT2D eigenvalue weighted by molar-refractivity contribution is 5.83. The van der Waals surface area contributed by atoms with Crippen molar-refractivity contribution in [1.82, 2.24) is 14.7 Å². The number of nitrogens with zero attached hydrogens (tertiary/aromatic N) is 3. The van der Waals surface area contributed by atoms with Crippen molar-refractivity contribution in [1.29, 1.82) is 0 Å². The zero-order valence-corrected chi connectivity index (χ0v) is 11.9. The van der Waals surface area contributed by atoms with E-state index in [1.165, 1.54) is 4.90 Å². The molecule has 0 aromatic heterocycles. The monoisotopic (exact) mass is 269 g/mol. The topological polar surface area (TPSA) is 64.1 Å². The molecule has 108 valence electrons. The molecule has 19 heavy (non-hydrogen) atoms. The SMILES string of the molecule is CC1CCN(C(=O)N2CCN(C)C(C)C2)C1C(=O)O. The number of carbonyl (C=O) groups excluding carboxylic acids is 1. The van der Waals surface area contributed by atoms with Crippen molar-refractivity contribution in [3.8, 4) is 0 Å². The number of likely N-dealkylation sites (N-methyl/N-ethyl adjacent to an activating group) is 1. The predicted molar refractivity (Wildman–Crippen MR) is 71.0 cm³/mol. The molecule has 3 unspecified atom stereocenters. The van der Waals surface area contributed by atoms with E-state index >= 15 is 0 Å². The summed E-state index contributed by atoms with van der Waals surface area (Å²) in [6, 6.07) is -0.458. The number of hydrogen-bond donors (Lipinski definition) is 1. The van der Waals surface area contributed by atoms with Gasteiger partial charge in [0.2, 0.25) is 0 Å². The van der Waals surface area contributed by atoms with Gasteiger partial charge < -0.3 is 19.8 Å². The van der Waals surface area contributed by atoms with E-state index in [4.69, 9.17) is 0 Å². The van der Waals surface area contributed by atoms with Crippen LogP contribution in [0.3, 0.4) is 0 Å². The maximum Gasteiger partial charge on any atom is 0.326 e. The van der Waals surface area contributed by atoms with Gasteiger partial charge in [0.15, 0.2) is 0 Å². The van der Waals surface area contributed by atoms with Crippen molar-refractivity contribution < 1.29 is 14.7 Å². The molecule has 1 N–H and O–H groups in total. The van der Waals surface area contributed by atoms with Crippen LogP contribution < -0.4 is 0 Å². The normalized spacial score (nSPS) is 32.7. The zero-order valence-electron chi connectivity index (χ0n) is 11.9. The largest absolute Gasteiger partial charge is 0.480 e. The fraction of sp³-hybridized carbons (Fsp3) is 0.846. The van der Waals surface area contributed by atoms with E-state index in [1.54, 1.807) is 4.90 Å². The summed E-state index contributed by atoms with van der Waals surface area (Å²) in [6.45, 7) is 6.73. The summed E-state index contributed by atoms with van der Waals surface area (Å²) in [5.74, 6) is -0.855. The van der Waals surface area contributed by atoms with E-state index in [1.807, 2.05) is 14.0 Å². The van der Waals surface area contributed by atoms with Crippen LogP contribution in [-0.2, 0) is 4.79 Å². The van der Waals surface area contributed by atoms with Gasteiger partial charge in [-0.1, -0.05) is 6.92 Å². The quantitative estimate of drug-likeness (QED) is 0.754. The van der Waals surface area contributed by atoms with Crippen LogP contribution in [0.1, 0.15) is 20.3 Å². The third-order valence-electron chi connectivity index (χ3n) is 4.43. The molecule has 0 saturated carbocycles. The molecule has 0 aromatic rings. The number of urea groups is 1. The van der Waals surface area contributed by atoms with E-state index in [2.05, 4.69) is 11.8 Å². The van der Waals surface area contributed by atoms with Gasteiger partial charge in [-0.2, -0.15) is 0 Å². The van der Waals surface area contributed by atoms with Gasteiger partial charge in [-0.15, -0.1) is 0 Å². The van der Waals surface area contributed by atoms with E-state index in [9.17, 15) is 14.7 Å². The molecular weight excluding hydrogens is 246 g/mol. The first kappa shape index (κ1) is 14.1. The molecule has 2 rings (SSSR count). The molecule has 2 amide bonds. The summed E-state index contributed by atoms with van der Waals surface area (Å²) in [5, 5.41) is 9.27. The van der Waals surface area contributed by atoms with Crippen LogP contribution in [0, 0.1) is 5.92 Å². The molecule has 2 fully saturated rings. The Labute approximate surface area is 114 Å². The Balaban J connectivity index is 2.05. The number of carboxylic acid groups (broad SMARTS) is 1. The lowest BCUT2D eigenvalue weighted by Crippen LogP contribution is -2.57. The third-order valence-corrected chi connectivity index (χ3v) is 4.43. The average Bonchev–Trinajstić information content (AvgIpc) is 2.74. The van der Waals surface area contributed by atoms with Gasteiger partial charge >= 0.3 is 12.0 Å². The minimum atomic E-state index is -0.888. The number of amides is 2. The molecule has 0 radical (unpaired) electrons. The summed E-state index contributed by atoms with van der Waals surface area (Å²) in [4.78, 5) is 29.3. The second-order valence-electron chi connectivity index (χ2n) is 5.80. The van der Waals surface area contributed by atoms with E-state index in [-0.39, 0.29) is 11.9 Å². The van der Waals surface area contributed by atoms with Gasteiger partial charge in [0, 0.05) is 32.2 Å².